The normalized spacial score (nSPS) is 25.0. The topological polar surface area (TPSA) is 246 Å². The number of rotatable bonds is 20. The van der Waals surface area contributed by atoms with Gasteiger partial charge in [0.25, 0.3) is 0 Å². The Hall–Kier alpha value is -3.02. The molecule has 0 bridgehead atoms. The van der Waals surface area contributed by atoms with Crippen LogP contribution in [-0.2, 0) is 14.2 Å². The van der Waals surface area contributed by atoms with Gasteiger partial charge in [-0.25, -0.2) is 29.9 Å². The highest BCUT2D eigenvalue weighted by Crippen LogP contribution is 2.41. The number of nitrogens with zero attached hydrogens (tertiary/aromatic N) is 8. The molecule has 0 radical (unpaired) electrons. The number of nitrogens with one attached hydrogen (secondary N) is 2. The molecule has 8 atom stereocenters. The van der Waals surface area contributed by atoms with Crippen molar-refractivity contribution < 1.29 is 34.6 Å². The van der Waals surface area contributed by atoms with Gasteiger partial charge >= 0.3 is 0 Å². The molecule has 0 unspecified atom stereocenters. The number of fused-ring (bicyclic) bond motifs is 2. The van der Waals surface area contributed by atoms with Gasteiger partial charge in [-0.05, 0) is 77.6 Å². The molecule has 20 heteroatoms. The minimum absolute atomic E-state index is 0.424. The Bertz CT molecular complexity index is 1990. The lowest BCUT2D eigenvalue weighted by atomic mass is 10.1. The molecule has 0 saturated carbocycles. The summed E-state index contributed by atoms with van der Waals surface area (Å²) < 4.78 is 20.9. The summed E-state index contributed by atoms with van der Waals surface area (Å²) in [6, 6.07) is 0. The highest BCUT2D eigenvalue weighted by Gasteiger charge is 2.45. The fourth-order valence-electron chi connectivity index (χ4n) is 6.74. The van der Waals surface area contributed by atoms with Crippen molar-refractivity contribution in [3.63, 3.8) is 0 Å². The molecule has 0 spiro atoms. The number of anilines is 2. The summed E-state index contributed by atoms with van der Waals surface area (Å²) in [5.41, 5.74) is 7.78. The summed E-state index contributed by atoms with van der Waals surface area (Å²) in [5.74, 6) is 1.28. The molecule has 2 fully saturated rings. The number of unbranched alkanes of at least 4 members (excludes halogenated alkanes) is 1. The van der Waals surface area contributed by atoms with Crippen LogP contribution in [0.5, 0.6) is 0 Å². The van der Waals surface area contributed by atoms with Crippen LogP contribution in [0.1, 0.15) is 57.9 Å². The van der Waals surface area contributed by atoms with Crippen LogP contribution in [-0.4, -0.2) is 181 Å². The van der Waals surface area contributed by atoms with Crippen LogP contribution in [0.25, 0.3) is 22.3 Å². The quantitative estimate of drug-likeness (QED) is 0.0499. The predicted octanol–water partition coefficient (Wildman–Crippen LogP) is 2.47. The van der Waals surface area contributed by atoms with E-state index < -0.39 is 62.9 Å². The first-order valence-corrected chi connectivity index (χ1v) is 26.2. The number of imidazole rings is 2. The van der Waals surface area contributed by atoms with E-state index in [2.05, 4.69) is 86.7 Å². The number of hydrogen-bond acceptors (Lipinski definition) is 16. The van der Waals surface area contributed by atoms with Gasteiger partial charge in [-0.15, -0.1) is 26.4 Å². The maximum absolute atomic E-state index is 10.6. The minimum Gasteiger partial charge on any atom is -0.388 e. The van der Waals surface area contributed by atoms with Gasteiger partial charge < -0.3 is 51.0 Å². The van der Waals surface area contributed by atoms with E-state index in [-0.39, 0.29) is 0 Å². The summed E-state index contributed by atoms with van der Waals surface area (Å²) in [5, 5.41) is 48.6. The fourth-order valence-corrected chi connectivity index (χ4v) is 8.64. The van der Waals surface area contributed by atoms with Crippen LogP contribution >= 0.6 is 13.8 Å². The van der Waals surface area contributed by atoms with Crippen molar-refractivity contribution in [1.29, 1.82) is 0 Å². The van der Waals surface area contributed by atoms with Gasteiger partial charge in [0.2, 0.25) is 0 Å². The molecule has 0 aliphatic carbocycles. The number of aliphatic hydroxyl groups is 4. The van der Waals surface area contributed by atoms with Gasteiger partial charge in [-0.1, -0.05) is 13.3 Å². The highest BCUT2D eigenvalue weighted by atomic mass is 31.2. The lowest BCUT2D eigenvalue weighted by Crippen LogP contribution is -2.31. The number of aromatic nitrogens is 8. The van der Waals surface area contributed by atoms with Crippen LogP contribution in [0.15, 0.2) is 25.3 Å². The van der Waals surface area contributed by atoms with E-state index in [0.29, 0.717) is 73.1 Å². The third kappa shape index (κ3) is 12.1. The van der Waals surface area contributed by atoms with Crippen LogP contribution in [0, 0.1) is 0 Å². The first kappa shape index (κ1) is 46.1. The Kier molecular flexibility index (Phi) is 16.7. The van der Waals surface area contributed by atoms with E-state index in [4.69, 9.17) is 19.9 Å². The third-order valence-corrected chi connectivity index (χ3v) is 13.0. The molecule has 8 N–H and O–H groups in total. The van der Waals surface area contributed by atoms with Crippen molar-refractivity contribution in [2.45, 2.75) is 94.5 Å². The Morgan fingerprint density at radius 3 is 1.57 bits per heavy atom. The molecule has 18 nitrogen and oxygen atoms in total. The van der Waals surface area contributed by atoms with Crippen LogP contribution < -0.4 is 16.4 Å². The summed E-state index contributed by atoms with van der Waals surface area (Å²) in [6.07, 6.45) is 15.0. The minimum atomic E-state index is -1.25. The summed E-state index contributed by atoms with van der Waals surface area (Å²) in [7, 11) is 0. The first-order chi connectivity index (χ1) is 27.6. The zero-order valence-corrected chi connectivity index (χ0v) is 36.4. The maximum Gasteiger partial charge on any atom is 0.167 e. The molecular weight excluding hydrogens is 784 g/mol. The molecule has 324 valence electrons. The summed E-state index contributed by atoms with van der Waals surface area (Å²) in [4.78, 5) is 26.0. The summed E-state index contributed by atoms with van der Waals surface area (Å²) >= 11 is 0. The van der Waals surface area contributed by atoms with Crippen molar-refractivity contribution in [3.05, 3.63) is 25.3 Å². The van der Waals surface area contributed by atoms with Gasteiger partial charge in [-0.3, -0.25) is 9.13 Å². The van der Waals surface area contributed by atoms with Gasteiger partial charge in [-0.2, -0.15) is 0 Å². The number of aliphatic hydroxyl groups excluding tert-OH is 4. The Labute approximate surface area is 341 Å². The SMILES string of the molecule is C=P(C)(C)CC[C@H]1O[C@@H](n2cnc3c(NCCCC)ncnc32)[C@H](O)[C@@H]1O.C=P(C)(C)CC[C@H]1O[C@@H](n2cnc3c(NCCCOCCCN)ncnc32)[C@H](O)[C@@H]1O. The Morgan fingerprint density at radius 2 is 1.14 bits per heavy atom. The molecular formula is C38H65N11O7P2. The second kappa shape index (κ2) is 21.0. The molecule has 4 aromatic rings. The van der Waals surface area contributed by atoms with E-state index in [0.717, 1.165) is 44.6 Å². The molecule has 2 saturated heterocycles. The van der Waals surface area contributed by atoms with E-state index in [1.54, 1.807) is 21.8 Å². The fraction of sp³-hybridized carbons (Fsp3) is 0.684. The molecule has 0 amide bonds. The average Bonchev–Trinajstić information content (AvgIpc) is 3.94. The molecule has 2 aliphatic heterocycles. The zero-order chi connectivity index (χ0) is 42.0. The number of ether oxygens (including phenoxy) is 3. The third-order valence-electron chi connectivity index (χ3n) is 10.1. The monoisotopic (exact) mass is 849 g/mol. The maximum atomic E-state index is 10.6. The second-order valence-electron chi connectivity index (χ2n) is 16.4. The summed E-state index contributed by atoms with van der Waals surface area (Å²) in [6.45, 7) is 11.7. The molecule has 6 rings (SSSR count). The van der Waals surface area contributed by atoms with Crippen molar-refractivity contribution >= 4 is 60.3 Å². The van der Waals surface area contributed by atoms with Crippen molar-refractivity contribution in [2.24, 2.45) is 5.73 Å². The molecule has 58 heavy (non-hydrogen) atoms. The van der Waals surface area contributed by atoms with E-state index in [9.17, 15) is 20.4 Å². The van der Waals surface area contributed by atoms with Crippen molar-refractivity contribution in [3.8, 4) is 0 Å². The predicted molar refractivity (Wildman–Crippen MR) is 234 cm³/mol. The number of hydrogen-bond donors (Lipinski definition) is 7. The molecule has 2 aliphatic rings. The molecule has 0 aromatic carbocycles. The highest BCUT2D eigenvalue weighted by molar-refractivity contribution is 7.72. The van der Waals surface area contributed by atoms with Crippen LogP contribution in [0.2, 0.25) is 0 Å². The van der Waals surface area contributed by atoms with Crippen LogP contribution in [0.3, 0.4) is 0 Å². The molecule has 6 heterocycles. The van der Waals surface area contributed by atoms with E-state index in [1.165, 1.54) is 12.7 Å². The second-order valence-corrected chi connectivity index (χ2v) is 25.0. The first-order valence-electron chi connectivity index (χ1n) is 20.1. The Balaban J connectivity index is 0.000000223. The lowest BCUT2D eigenvalue weighted by molar-refractivity contribution is -0.0353. The standard InChI is InChI=1S/C20H35N6O4P.C18H30N5O3P/c1-31(2,3)11-6-14-16(27)17(28)20(30-14)26-13-25-15-18(23-12-24-19(15)26)22-8-5-10-29-9-4-7-21;1-5-6-8-19-16-13-17(21-10-20-16)23(11-22-13)18-15(25)14(24)12(26-18)7-9-27(2,3)4/h12-14,16-17,20,27-28H,1,4-11,21H2,2-3H3,(H,22,23,24);10-12,14-15,18,24-25H,2,5-9H2,1,3-4H3,(H,19,20,21)/t14-,16-,17-,20-;12-,14-,15-,18-/m11/s1. The van der Waals surface area contributed by atoms with Crippen LogP contribution in [0.4, 0.5) is 11.6 Å². The lowest BCUT2D eigenvalue weighted by Gasteiger charge is -2.18. The Morgan fingerprint density at radius 1 is 0.690 bits per heavy atom. The smallest absolute Gasteiger partial charge is 0.167 e. The number of nitrogens with two attached hydrogens (primary N) is 1. The van der Waals surface area contributed by atoms with E-state index >= 15 is 0 Å². The zero-order valence-electron chi connectivity index (χ0n) is 34.6. The largest absolute Gasteiger partial charge is 0.388 e. The van der Waals surface area contributed by atoms with Gasteiger partial charge in [0.15, 0.2) is 46.4 Å². The van der Waals surface area contributed by atoms with Gasteiger partial charge in [0.05, 0.1) is 24.9 Å². The van der Waals surface area contributed by atoms with Crippen molar-refractivity contribution in [1.82, 2.24) is 39.0 Å². The average molecular weight is 850 g/mol. The van der Waals surface area contributed by atoms with Crippen molar-refractivity contribution in [2.75, 3.05) is 82.5 Å². The van der Waals surface area contributed by atoms with E-state index in [1.807, 2.05) is 0 Å². The molecule has 4 aromatic heterocycles. The van der Waals surface area contributed by atoms with Gasteiger partial charge in [0.1, 0.15) is 37.1 Å². The van der Waals surface area contributed by atoms with Gasteiger partial charge in [0, 0.05) is 26.3 Å².